The lowest BCUT2D eigenvalue weighted by atomic mass is 10.2. The fourth-order valence-electron chi connectivity index (χ4n) is 1.75. The quantitative estimate of drug-likeness (QED) is 0.619. The molecule has 0 spiro atoms. The number of hydrogen-bond acceptors (Lipinski definition) is 4. The molecule has 2 unspecified atom stereocenters. The lowest BCUT2D eigenvalue weighted by Crippen LogP contribution is -2.49. The van der Waals surface area contributed by atoms with Crippen LogP contribution in [0, 0.1) is 0 Å². The second-order valence-corrected chi connectivity index (χ2v) is 3.64. The van der Waals surface area contributed by atoms with E-state index in [1.54, 1.807) is 0 Å². The molecule has 1 rings (SSSR count). The molecule has 4 heteroatoms. The van der Waals surface area contributed by atoms with Gasteiger partial charge in [-0.25, -0.2) is 0 Å². The van der Waals surface area contributed by atoms with E-state index in [0.717, 1.165) is 26.1 Å². The molecule has 1 saturated heterocycles. The van der Waals surface area contributed by atoms with Gasteiger partial charge in [0.2, 0.25) is 0 Å². The maximum atomic E-state index is 8.70. The molecule has 0 aromatic carbocycles. The van der Waals surface area contributed by atoms with Crippen LogP contribution in [0.15, 0.2) is 0 Å². The van der Waals surface area contributed by atoms with Crippen molar-refractivity contribution < 1.29 is 9.84 Å². The van der Waals surface area contributed by atoms with Crippen molar-refractivity contribution in [3.05, 3.63) is 0 Å². The molecule has 13 heavy (non-hydrogen) atoms. The smallest absolute Gasteiger partial charge is 0.0828 e. The normalized spacial score (nSPS) is 30.7. The number of nitrogens with zero attached hydrogens (tertiary/aromatic N) is 1. The van der Waals surface area contributed by atoms with E-state index in [0.29, 0.717) is 6.54 Å². The lowest BCUT2D eigenvalue weighted by Gasteiger charge is -2.36. The van der Waals surface area contributed by atoms with Crippen molar-refractivity contribution in [3.63, 3.8) is 0 Å². The largest absolute Gasteiger partial charge is 0.396 e. The Kier molecular flexibility index (Phi) is 4.66. The van der Waals surface area contributed by atoms with Gasteiger partial charge in [-0.15, -0.1) is 0 Å². The van der Waals surface area contributed by atoms with Gasteiger partial charge in [-0.3, -0.25) is 4.90 Å². The van der Waals surface area contributed by atoms with Crippen molar-refractivity contribution >= 4 is 0 Å². The first-order valence-corrected chi connectivity index (χ1v) is 4.95. The van der Waals surface area contributed by atoms with Gasteiger partial charge >= 0.3 is 0 Å². The van der Waals surface area contributed by atoms with Crippen molar-refractivity contribution in [2.24, 2.45) is 5.73 Å². The van der Waals surface area contributed by atoms with E-state index in [2.05, 4.69) is 11.8 Å². The molecule has 1 aliphatic rings. The Morgan fingerprint density at radius 2 is 2.31 bits per heavy atom. The van der Waals surface area contributed by atoms with Gasteiger partial charge in [-0.2, -0.15) is 0 Å². The van der Waals surface area contributed by atoms with E-state index < -0.39 is 0 Å². The van der Waals surface area contributed by atoms with Crippen LogP contribution in [-0.4, -0.2) is 55.0 Å². The molecule has 0 radical (unpaired) electrons. The van der Waals surface area contributed by atoms with Crippen LogP contribution in [0.5, 0.6) is 0 Å². The first kappa shape index (κ1) is 10.9. The first-order chi connectivity index (χ1) is 6.26. The number of hydrogen-bond donors (Lipinski definition) is 2. The molecule has 78 valence electrons. The van der Waals surface area contributed by atoms with Crippen LogP contribution in [0.25, 0.3) is 0 Å². The SMILES string of the molecule is CC1CN(CCCO)CC(CN)O1. The molecule has 4 nitrogen and oxygen atoms in total. The minimum atomic E-state index is 0.169. The van der Waals surface area contributed by atoms with Crippen molar-refractivity contribution in [3.8, 4) is 0 Å². The maximum absolute atomic E-state index is 8.70. The summed E-state index contributed by atoms with van der Waals surface area (Å²) in [5, 5.41) is 8.70. The Balaban J connectivity index is 2.29. The third-order valence-electron chi connectivity index (χ3n) is 2.30. The Hall–Kier alpha value is -0.160. The molecule has 3 N–H and O–H groups in total. The third-order valence-corrected chi connectivity index (χ3v) is 2.30. The Bertz CT molecular complexity index is 144. The van der Waals surface area contributed by atoms with Gasteiger partial charge in [0, 0.05) is 32.8 Å². The highest BCUT2D eigenvalue weighted by atomic mass is 16.5. The van der Waals surface area contributed by atoms with Gasteiger partial charge in [-0.05, 0) is 13.3 Å². The van der Waals surface area contributed by atoms with Crippen LogP contribution in [0.2, 0.25) is 0 Å². The molecule has 0 aliphatic carbocycles. The van der Waals surface area contributed by atoms with Crippen LogP contribution in [0.1, 0.15) is 13.3 Å². The topological polar surface area (TPSA) is 58.7 Å². The van der Waals surface area contributed by atoms with Gasteiger partial charge < -0.3 is 15.6 Å². The molecular formula is C9H20N2O2. The van der Waals surface area contributed by atoms with Crippen molar-refractivity contribution in [1.29, 1.82) is 0 Å². The zero-order valence-electron chi connectivity index (χ0n) is 8.28. The van der Waals surface area contributed by atoms with Gasteiger partial charge in [0.05, 0.1) is 12.2 Å². The van der Waals surface area contributed by atoms with Crippen LogP contribution in [0.3, 0.4) is 0 Å². The summed E-state index contributed by atoms with van der Waals surface area (Å²) in [5.41, 5.74) is 5.56. The Morgan fingerprint density at radius 3 is 2.92 bits per heavy atom. The standard InChI is InChI=1S/C9H20N2O2/c1-8-6-11(3-2-4-12)7-9(5-10)13-8/h8-9,12H,2-7,10H2,1H3. The number of nitrogens with two attached hydrogens (primary N) is 1. The first-order valence-electron chi connectivity index (χ1n) is 4.95. The van der Waals surface area contributed by atoms with Crippen LogP contribution in [0.4, 0.5) is 0 Å². The monoisotopic (exact) mass is 188 g/mol. The molecule has 1 heterocycles. The average molecular weight is 188 g/mol. The van der Waals surface area contributed by atoms with Crippen LogP contribution < -0.4 is 5.73 Å². The molecule has 0 amide bonds. The van der Waals surface area contributed by atoms with Gasteiger partial charge in [-0.1, -0.05) is 0 Å². The molecule has 0 bridgehead atoms. The molecule has 0 aromatic rings. The van der Waals surface area contributed by atoms with Crippen molar-refractivity contribution in [1.82, 2.24) is 4.90 Å². The molecule has 2 atom stereocenters. The summed E-state index contributed by atoms with van der Waals surface area (Å²) in [6.07, 6.45) is 1.27. The highest BCUT2D eigenvalue weighted by Crippen LogP contribution is 2.10. The number of ether oxygens (including phenoxy) is 1. The van der Waals surface area contributed by atoms with Crippen molar-refractivity contribution in [2.45, 2.75) is 25.6 Å². The Labute approximate surface area is 79.7 Å². The summed E-state index contributed by atoms with van der Waals surface area (Å²) in [7, 11) is 0. The lowest BCUT2D eigenvalue weighted by molar-refractivity contribution is -0.0727. The predicted octanol–water partition coefficient (Wildman–Crippen LogP) is -0.583. The van der Waals surface area contributed by atoms with E-state index in [4.69, 9.17) is 15.6 Å². The molecule has 0 saturated carbocycles. The van der Waals surface area contributed by atoms with E-state index in [1.165, 1.54) is 0 Å². The fraction of sp³-hybridized carbons (Fsp3) is 1.00. The zero-order valence-corrected chi connectivity index (χ0v) is 8.28. The number of rotatable bonds is 4. The summed E-state index contributed by atoms with van der Waals surface area (Å²) in [4.78, 5) is 2.31. The van der Waals surface area contributed by atoms with Gasteiger partial charge in [0.1, 0.15) is 0 Å². The highest BCUT2D eigenvalue weighted by Gasteiger charge is 2.23. The van der Waals surface area contributed by atoms with E-state index >= 15 is 0 Å². The predicted molar refractivity (Wildman–Crippen MR) is 51.5 cm³/mol. The van der Waals surface area contributed by atoms with Gasteiger partial charge in [0.25, 0.3) is 0 Å². The fourth-order valence-corrected chi connectivity index (χ4v) is 1.75. The molecule has 0 aromatic heterocycles. The second-order valence-electron chi connectivity index (χ2n) is 3.64. The average Bonchev–Trinajstić information content (AvgIpc) is 2.14. The van der Waals surface area contributed by atoms with Crippen LogP contribution in [-0.2, 0) is 4.74 Å². The summed E-state index contributed by atoms with van der Waals surface area (Å²) >= 11 is 0. The summed E-state index contributed by atoms with van der Waals surface area (Å²) in [6, 6.07) is 0. The minimum absolute atomic E-state index is 0.169. The summed E-state index contributed by atoms with van der Waals surface area (Å²) in [6.45, 7) is 5.71. The third kappa shape index (κ3) is 3.60. The van der Waals surface area contributed by atoms with E-state index in [9.17, 15) is 0 Å². The van der Waals surface area contributed by atoms with Crippen molar-refractivity contribution in [2.75, 3.05) is 32.8 Å². The summed E-state index contributed by atoms with van der Waals surface area (Å²) in [5.74, 6) is 0. The summed E-state index contributed by atoms with van der Waals surface area (Å²) < 4.78 is 5.62. The van der Waals surface area contributed by atoms with E-state index in [-0.39, 0.29) is 18.8 Å². The van der Waals surface area contributed by atoms with Gasteiger partial charge in [0.15, 0.2) is 0 Å². The maximum Gasteiger partial charge on any atom is 0.0828 e. The molecular weight excluding hydrogens is 168 g/mol. The number of aliphatic hydroxyl groups excluding tert-OH is 1. The Morgan fingerprint density at radius 1 is 1.54 bits per heavy atom. The minimum Gasteiger partial charge on any atom is -0.396 e. The van der Waals surface area contributed by atoms with Crippen LogP contribution >= 0.6 is 0 Å². The van der Waals surface area contributed by atoms with E-state index in [1.807, 2.05) is 0 Å². The molecule has 1 fully saturated rings. The molecule has 1 aliphatic heterocycles. The number of morpholine rings is 1. The number of aliphatic hydroxyl groups is 1. The second kappa shape index (κ2) is 5.54. The highest BCUT2D eigenvalue weighted by molar-refractivity contribution is 4.75. The zero-order chi connectivity index (χ0) is 9.68.